The van der Waals surface area contributed by atoms with Crippen molar-refractivity contribution < 1.29 is 4.79 Å². The van der Waals surface area contributed by atoms with E-state index in [1.165, 1.54) is 11.1 Å². The Morgan fingerprint density at radius 1 is 1.43 bits per heavy atom. The number of nitrogens with one attached hydrogen (secondary N) is 1. The summed E-state index contributed by atoms with van der Waals surface area (Å²) in [4.78, 5) is 13.6. The van der Waals surface area contributed by atoms with Crippen LogP contribution in [-0.4, -0.2) is 17.9 Å². The maximum Gasteiger partial charge on any atom is 0.259 e. The monoisotopic (exact) mass is 302 g/mol. The van der Waals surface area contributed by atoms with Crippen LogP contribution in [0, 0.1) is 0 Å². The number of amides is 1. The molecule has 1 heterocycles. The number of nitrogens with zero attached hydrogens (tertiary/aromatic N) is 1. The topological polar surface area (TPSA) is 32.3 Å². The van der Waals surface area contributed by atoms with E-state index >= 15 is 0 Å². The number of carbonyl (C=O) groups excluding carboxylic acids is 1. The first kappa shape index (κ1) is 9.92. The SMILES string of the molecule is CN1Cc2ccc(C(=O)NI)cc2C1. The molecule has 0 saturated heterocycles. The van der Waals surface area contributed by atoms with Gasteiger partial charge in [0.1, 0.15) is 0 Å². The minimum absolute atomic E-state index is 0.0250. The van der Waals surface area contributed by atoms with Crippen LogP contribution in [0.3, 0.4) is 0 Å². The van der Waals surface area contributed by atoms with Crippen LogP contribution in [0.25, 0.3) is 0 Å². The van der Waals surface area contributed by atoms with Crippen LogP contribution in [-0.2, 0) is 13.1 Å². The van der Waals surface area contributed by atoms with E-state index in [0.29, 0.717) is 0 Å². The number of halogens is 1. The largest absolute Gasteiger partial charge is 0.298 e. The maximum absolute atomic E-state index is 11.4. The predicted molar refractivity (Wildman–Crippen MR) is 63.1 cm³/mol. The number of carbonyl (C=O) groups is 1. The van der Waals surface area contributed by atoms with Gasteiger partial charge in [0.05, 0.1) is 22.9 Å². The second kappa shape index (κ2) is 3.86. The first-order chi connectivity index (χ1) is 6.70. The lowest BCUT2D eigenvalue weighted by Crippen LogP contribution is -2.11. The summed E-state index contributed by atoms with van der Waals surface area (Å²) in [5.74, 6) is -0.0250. The summed E-state index contributed by atoms with van der Waals surface area (Å²) >= 11 is 1.86. The van der Waals surface area contributed by atoms with Gasteiger partial charge in [-0.3, -0.25) is 13.2 Å². The van der Waals surface area contributed by atoms with Crippen molar-refractivity contribution in [1.82, 2.24) is 8.43 Å². The molecule has 1 aliphatic heterocycles. The Morgan fingerprint density at radius 3 is 2.86 bits per heavy atom. The molecule has 0 saturated carbocycles. The average molecular weight is 302 g/mol. The van der Waals surface area contributed by atoms with Crippen molar-refractivity contribution in [3.8, 4) is 0 Å². The molecule has 0 fully saturated rings. The molecule has 14 heavy (non-hydrogen) atoms. The van der Waals surface area contributed by atoms with Crippen LogP contribution < -0.4 is 3.53 Å². The molecule has 0 aliphatic carbocycles. The zero-order chi connectivity index (χ0) is 10.1. The average Bonchev–Trinajstić information content (AvgIpc) is 2.55. The van der Waals surface area contributed by atoms with Gasteiger partial charge in [0.25, 0.3) is 5.91 Å². The summed E-state index contributed by atoms with van der Waals surface area (Å²) in [6.45, 7) is 1.93. The van der Waals surface area contributed by atoms with Crippen molar-refractivity contribution in [2.24, 2.45) is 0 Å². The van der Waals surface area contributed by atoms with Gasteiger partial charge in [0.2, 0.25) is 0 Å². The summed E-state index contributed by atoms with van der Waals surface area (Å²) in [7, 11) is 2.08. The summed E-state index contributed by atoms with van der Waals surface area (Å²) in [5.41, 5.74) is 3.34. The van der Waals surface area contributed by atoms with Crippen LogP contribution in [0.5, 0.6) is 0 Å². The second-order valence-electron chi connectivity index (χ2n) is 3.58. The first-order valence-corrected chi connectivity index (χ1v) is 5.50. The molecule has 1 aromatic rings. The van der Waals surface area contributed by atoms with Crippen molar-refractivity contribution in [2.75, 3.05) is 7.05 Å². The van der Waals surface area contributed by atoms with Crippen LogP contribution in [0.15, 0.2) is 18.2 Å². The molecule has 0 radical (unpaired) electrons. The second-order valence-corrected chi connectivity index (χ2v) is 4.12. The lowest BCUT2D eigenvalue weighted by molar-refractivity contribution is 0.0989. The molecule has 2 rings (SSSR count). The molecule has 0 spiro atoms. The lowest BCUT2D eigenvalue weighted by atomic mass is 10.1. The van der Waals surface area contributed by atoms with Crippen molar-refractivity contribution in [3.63, 3.8) is 0 Å². The smallest absolute Gasteiger partial charge is 0.259 e. The summed E-state index contributed by atoms with van der Waals surface area (Å²) in [6.07, 6.45) is 0. The molecule has 1 N–H and O–H groups in total. The third-order valence-corrected chi connectivity index (χ3v) is 2.92. The normalized spacial score (nSPS) is 15.3. The van der Waals surface area contributed by atoms with Crippen LogP contribution >= 0.6 is 22.9 Å². The van der Waals surface area contributed by atoms with Crippen LogP contribution in [0.2, 0.25) is 0 Å². The van der Waals surface area contributed by atoms with Gasteiger partial charge in [-0.05, 0) is 30.3 Å². The van der Waals surface area contributed by atoms with E-state index in [1.807, 2.05) is 41.1 Å². The van der Waals surface area contributed by atoms with Gasteiger partial charge < -0.3 is 0 Å². The predicted octanol–water partition coefficient (Wildman–Crippen LogP) is 1.71. The summed E-state index contributed by atoms with van der Waals surface area (Å²) < 4.78 is 2.60. The molecule has 4 heteroatoms. The van der Waals surface area contributed by atoms with Gasteiger partial charge in [0.15, 0.2) is 0 Å². The zero-order valence-electron chi connectivity index (χ0n) is 7.88. The summed E-state index contributed by atoms with van der Waals surface area (Å²) in [5, 5.41) is 0. The Morgan fingerprint density at radius 2 is 2.14 bits per heavy atom. The minimum Gasteiger partial charge on any atom is -0.298 e. The van der Waals surface area contributed by atoms with Crippen molar-refractivity contribution >= 4 is 28.8 Å². The standard InChI is InChI=1S/C10H11IN2O/c1-13-5-8-3-2-7(10(14)12-11)4-9(8)6-13/h2-4H,5-6H2,1H3,(H,12,14). The van der Waals surface area contributed by atoms with E-state index in [-0.39, 0.29) is 5.91 Å². The fourth-order valence-corrected chi connectivity index (χ4v) is 2.07. The highest BCUT2D eigenvalue weighted by Crippen LogP contribution is 2.22. The maximum atomic E-state index is 11.4. The Balaban J connectivity index is 2.33. The van der Waals surface area contributed by atoms with Crippen molar-refractivity contribution in [2.45, 2.75) is 13.1 Å². The van der Waals surface area contributed by atoms with Crippen molar-refractivity contribution in [1.29, 1.82) is 0 Å². The highest BCUT2D eigenvalue weighted by atomic mass is 127. The number of hydrogen-bond donors (Lipinski definition) is 1. The zero-order valence-corrected chi connectivity index (χ0v) is 10.0. The Kier molecular flexibility index (Phi) is 2.73. The molecule has 1 aromatic carbocycles. The van der Waals surface area contributed by atoms with E-state index in [0.717, 1.165) is 18.7 Å². The van der Waals surface area contributed by atoms with E-state index in [4.69, 9.17) is 0 Å². The number of rotatable bonds is 1. The van der Waals surface area contributed by atoms with Gasteiger partial charge >= 0.3 is 0 Å². The quantitative estimate of drug-likeness (QED) is 0.633. The Bertz CT molecular complexity index is 378. The fourth-order valence-electron chi connectivity index (χ4n) is 1.76. The van der Waals surface area contributed by atoms with Crippen LogP contribution in [0.4, 0.5) is 0 Å². The number of fused-ring (bicyclic) bond motifs is 1. The highest BCUT2D eigenvalue weighted by Gasteiger charge is 2.16. The number of hydrogen-bond acceptors (Lipinski definition) is 2. The molecule has 3 nitrogen and oxygen atoms in total. The molecule has 0 unspecified atom stereocenters. The van der Waals surface area contributed by atoms with Gasteiger partial charge in [0, 0.05) is 18.7 Å². The molecular formula is C10H11IN2O. The van der Waals surface area contributed by atoms with Gasteiger partial charge in [-0.1, -0.05) is 6.07 Å². The van der Waals surface area contributed by atoms with E-state index in [1.54, 1.807) is 0 Å². The van der Waals surface area contributed by atoms with Crippen molar-refractivity contribution in [3.05, 3.63) is 34.9 Å². The first-order valence-electron chi connectivity index (χ1n) is 4.42. The third-order valence-electron chi connectivity index (χ3n) is 2.43. The molecule has 0 bridgehead atoms. The van der Waals surface area contributed by atoms with Gasteiger partial charge in [-0.2, -0.15) is 0 Å². The molecule has 1 aliphatic rings. The Hall–Kier alpha value is -0.620. The van der Waals surface area contributed by atoms with E-state index in [9.17, 15) is 4.79 Å². The molecule has 0 aromatic heterocycles. The highest BCUT2D eigenvalue weighted by molar-refractivity contribution is 14.1. The van der Waals surface area contributed by atoms with E-state index in [2.05, 4.69) is 15.5 Å². The van der Waals surface area contributed by atoms with Gasteiger partial charge in [-0.15, -0.1) is 0 Å². The molecule has 1 amide bonds. The number of benzene rings is 1. The third kappa shape index (κ3) is 1.76. The lowest BCUT2D eigenvalue weighted by Gasteiger charge is -2.02. The molecular weight excluding hydrogens is 291 g/mol. The minimum atomic E-state index is -0.0250. The molecule has 74 valence electrons. The molecule has 0 atom stereocenters. The van der Waals surface area contributed by atoms with Gasteiger partial charge in [-0.25, -0.2) is 0 Å². The fraction of sp³-hybridized carbons (Fsp3) is 0.300. The summed E-state index contributed by atoms with van der Waals surface area (Å²) in [6, 6.07) is 5.90. The van der Waals surface area contributed by atoms with E-state index < -0.39 is 0 Å². The Labute approximate surface area is 97.0 Å². The van der Waals surface area contributed by atoms with Crippen LogP contribution in [0.1, 0.15) is 21.5 Å².